The summed E-state index contributed by atoms with van der Waals surface area (Å²) in [6, 6.07) is 5.19. The summed E-state index contributed by atoms with van der Waals surface area (Å²) in [5.41, 5.74) is 0.289. The van der Waals surface area contributed by atoms with E-state index in [2.05, 4.69) is 5.32 Å². The van der Waals surface area contributed by atoms with E-state index < -0.39 is 39.6 Å². The monoisotopic (exact) mass is 386 g/mol. The number of amides is 1. The molecule has 9 heteroatoms. The minimum atomic E-state index is -4.36. The van der Waals surface area contributed by atoms with E-state index in [-0.39, 0.29) is 13.0 Å². The van der Waals surface area contributed by atoms with Crippen molar-refractivity contribution < 1.29 is 32.0 Å². The van der Waals surface area contributed by atoms with Gasteiger partial charge in [-0.05, 0) is 38.8 Å². The highest BCUT2D eigenvalue weighted by Gasteiger charge is 2.25. The number of carbonyl (C=O) groups is 2. The maximum Gasteiger partial charge on any atom is 0.408 e. The van der Waals surface area contributed by atoms with E-state index in [1.54, 1.807) is 39.8 Å². The molecule has 0 radical (unpaired) electrons. The molecule has 0 aromatic heterocycles. The predicted molar refractivity (Wildman–Crippen MR) is 93.3 cm³/mol. The quantitative estimate of drug-likeness (QED) is 0.559. The molecule has 1 aromatic carbocycles. The number of ether oxygens (including phenoxy) is 2. The minimum absolute atomic E-state index is 0.127. The molecular formula is C17H24NO7S-. The van der Waals surface area contributed by atoms with Gasteiger partial charge in [0.1, 0.15) is 11.6 Å². The van der Waals surface area contributed by atoms with Gasteiger partial charge in [0.2, 0.25) is 0 Å². The third kappa shape index (κ3) is 8.82. The molecule has 146 valence electrons. The van der Waals surface area contributed by atoms with Gasteiger partial charge in [-0.2, -0.15) is 0 Å². The summed E-state index contributed by atoms with van der Waals surface area (Å²) in [5, 5.41) is 2.48. The van der Waals surface area contributed by atoms with Gasteiger partial charge in [-0.25, -0.2) is 18.0 Å². The number of benzene rings is 1. The largest absolute Gasteiger partial charge is 0.748 e. The van der Waals surface area contributed by atoms with E-state index in [1.165, 1.54) is 12.1 Å². The summed E-state index contributed by atoms with van der Waals surface area (Å²) in [7, 11) is -4.36. The van der Waals surface area contributed by atoms with Crippen LogP contribution >= 0.6 is 0 Å². The molecule has 0 spiro atoms. The molecule has 1 atom stereocenters. The van der Waals surface area contributed by atoms with Crippen LogP contribution in [0.4, 0.5) is 4.79 Å². The summed E-state index contributed by atoms with van der Waals surface area (Å²) in [5.74, 6) is -1.21. The van der Waals surface area contributed by atoms with Crippen LogP contribution < -0.4 is 5.32 Å². The number of alkyl carbamates (subject to hydrolysis) is 1. The van der Waals surface area contributed by atoms with Crippen LogP contribution in [0.1, 0.15) is 38.8 Å². The van der Waals surface area contributed by atoms with Gasteiger partial charge < -0.3 is 19.3 Å². The van der Waals surface area contributed by atoms with Crippen LogP contribution in [0.2, 0.25) is 0 Å². The van der Waals surface area contributed by atoms with Crippen molar-refractivity contribution in [2.24, 2.45) is 0 Å². The lowest BCUT2D eigenvalue weighted by atomic mass is 10.0. The van der Waals surface area contributed by atoms with E-state index in [0.717, 1.165) is 0 Å². The van der Waals surface area contributed by atoms with Gasteiger partial charge in [-0.15, -0.1) is 0 Å². The molecule has 1 N–H and O–H groups in total. The van der Waals surface area contributed by atoms with E-state index in [1.807, 2.05) is 0 Å². The second-order valence-electron chi connectivity index (χ2n) is 6.67. The number of hydrogen-bond donors (Lipinski definition) is 1. The van der Waals surface area contributed by atoms with Gasteiger partial charge in [0.15, 0.2) is 0 Å². The second kappa shape index (κ2) is 9.00. The molecule has 1 unspecified atom stereocenters. The Morgan fingerprint density at radius 3 is 2.15 bits per heavy atom. The number of nitrogens with one attached hydrogen (secondary N) is 1. The molecule has 1 amide bonds. The van der Waals surface area contributed by atoms with Crippen LogP contribution in [-0.4, -0.2) is 43.3 Å². The van der Waals surface area contributed by atoms with E-state index in [9.17, 15) is 22.6 Å². The molecule has 0 aliphatic carbocycles. The molecule has 0 saturated carbocycles. The molecule has 0 aliphatic heterocycles. The van der Waals surface area contributed by atoms with Crippen LogP contribution in [0.15, 0.2) is 24.3 Å². The summed E-state index contributed by atoms with van der Waals surface area (Å²) in [6.07, 6.45) is -0.618. The van der Waals surface area contributed by atoms with E-state index in [4.69, 9.17) is 9.47 Å². The van der Waals surface area contributed by atoms with Gasteiger partial charge in [0.05, 0.1) is 22.5 Å². The third-order valence-electron chi connectivity index (χ3n) is 3.07. The second-order valence-corrected chi connectivity index (χ2v) is 8.08. The maximum atomic E-state index is 12.1. The van der Waals surface area contributed by atoms with Crippen LogP contribution in [0.3, 0.4) is 0 Å². The highest BCUT2D eigenvalue weighted by molar-refractivity contribution is 7.84. The molecule has 1 rings (SSSR count). The average molecular weight is 386 g/mol. The topological polar surface area (TPSA) is 122 Å². The van der Waals surface area contributed by atoms with Gasteiger partial charge in [0, 0.05) is 6.42 Å². The Morgan fingerprint density at radius 2 is 1.69 bits per heavy atom. The first-order valence-electron chi connectivity index (χ1n) is 8.07. The van der Waals surface area contributed by atoms with E-state index in [0.29, 0.717) is 11.1 Å². The fourth-order valence-corrected chi connectivity index (χ4v) is 2.70. The zero-order valence-corrected chi connectivity index (χ0v) is 16.1. The molecule has 0 bridgehead atoms. The van der Waals surface area contributed by atoms with Crippen molar-refractivity contribution >= 4 is 22.2 Å². The Kier molecular flexibility index (Phi) is 7.58. The standard InChI is InChI=1S/C17H25NO7S/c1-5-24-15(19)14(18-16(20)25-17(2,3)4)10-12-6-8-13(9-7-12)11-26(21,22)23/h6-9,14H,5,10-11H2,1-4H3,(H,18,20)(H,21,22,23)/p-1. The molecule has 8 nitrogen and oxygen atoms in total. The summed E-state index contributed by atoms with van der Waals surface area (Å²) in [4.78, 5) is 24.0. The average Bonchev–Trinajstić information content (AvgIpc) is 2.45. The fourth-order valence-electron chi connectivity index (χ4n) is 2.10. The van der Waals surface area contributed by atoms with Crippen molar-refractivity contribution in [2.75, 3.05) is 6.61 Å². The third-order valence-corrected chi connectivity index (χ3v) is 3.76. The zero-order chi connectivity index (χ0) is 20.0. The van der Waals surface area contributed by atoms with Crippen LogP contribution in [0.25, 0.3) is 0 Å². The zero-order valence-electron chi connectivity index (χ0n) is 15.3. The van der Waals surface area contributed by atoms with Gasteiger partial charge in [-0.1, -0.05) is 24.3 Å². The van der Waals surface area contributed by atoms with Crippen molar-refractivity contribution in [3.05, 3.63) is 35.4 Å². The van der Waals surface area contributed by atoms with Gasteiger partial charge >= 0.3 is 12.1 Å². The lowest BCUT2D eigenvalue weighted by Crippen LogP contribution is -2.45. The highest BCUT2D eigenvalue weighted by atomic mass is 32.2. The Labute approximate surface area is 153 Å². The molecule has 1 aromatic rings. The lowest BCUT2D eigenvalue weighted by Gasteiger charge is -2.23. The first-order chi connectivity index (χ1) is 11.9. The SMILES string of the molecule is CCOC(=O)C(Cc1ccc(CS(=O)(=O)[O-])cc1)NC(=O)OC(C)(C)C. The maximum absolute atomic E-state index is 12.1. The summed E-state index contributed by atoms with van der Waals surface area (Å²) >= 11 is 0. The Morgan fingerprint density at radius 1 is 1.15 bits per heavy atom. The lowest BCUT2D eigenvalue weighted by molar-refractivity contribution is -0.145. The summed E-state index contributed by atoms with van der Waals surface area (Å²) in [6.45, 7) is 6.92. The molecule has 0 heterocycles. The Hall–Kier alpha value is -2.13. The van der Waals surface area contributed by atoms with Gasteiger partial charge in [-0.3, -0.25) is 0 Å². The number of hydrogen-bond acceptors (Lipinski definition) is 7. The predicted octanol–water partition coefficient (Wildman–Crippen LogP) is 1.73. The number of carbonyl (C=O) groups excluding carboxylic acids is 2. The Bertz CT molecular complexity index is 720. The Balaban J connectivity index is 2.85. The van der Waals surface area contributed by atoms with Crippen LogP contribution in [0.5, 0.6) is 0 Å². The van der Waals surface area contributed by atoms with Crippen LogP contribution in [0, 0.1) is 0 Å². The first kappa shape index (κ1) is 21.9. The molecule has 26 heavy (non-hydrogen) atoms. The van der Waals surface area contributed by atoms with Gasteiger partial charge in [0.25, 0.3) is 0 Å². The fraction of sp³-hybridized carbons (Fsp3) is 0.529. The molecular weight excluding hydrogens is 362 g/mol. The number of rotatable bonds is 7. The molecule has 0 fully saturated rings. The summed E-state index contributed by atoms with van der Waals surface area (Å²) < 4.78 is 42.5. The van der Waals surface area contributed by atoms with Crippen LogP contribution in [-0.2, 0) is 36.6 Å². The minimum Gasteiger partial charge on any atom is -0.748 e. The smallest absolute Gasteiger partial charge is 0.408 e. The first-order valence-corrected chi connectivity index (χ1v) is 9.65. The van der Waals surface area contributed by atoms with E-state index >= 15 is 0 Å². The van der Waals surface area contributed by atoms with Crippen molar-refractivity contribution in [3.8, 4) is 0 Å². The van der Waals surface area contributed by atoms with Crippen molar-refractivity contribution in [2.45, 2.75) is 51.5 Å². The molecule has 0 aliphatic rings. The van der Waals surface area contributed by atoms with Crippen molar-refractivity contribution in [3.63, 3.8) is 0 Å². The number of esters is 1. The highest BCUT2D eigenvalue weighted by Crippen LogP contribution is 2.12. The van der Waals surface area contributed by atoms with Crippen molar-refractivity contribution in [1.29, 1.82) is 0 Å². The molecule has 0 saturated heterocycles. The normalized spacial score (nSPS) is 13.0. The van der Waals surface area contributed by atoms with Crippen molar-refractivity contribution in [1.82, 2.24) is 5.32 Å².